The van der Waals surface area contributed by atoms with Gasteiger partial charge in [0.1, 0.15) is 17.7 Å². The van der Waals surface area contributed by atoms with E-state index in [1.54, 1.807) is 25.7 Å². The monoisotopic (exact) mass is 487 g/mol. The molecule has 1 aliphatic rings. The van der Waals surface area contributed by atoms with E-state index in [0.29, 0.717) is 6.42 Å². The van der Waals surface area contributed by atoms with Crippen LogP contribution in [0.2, 0.25) is 0 Å². The summed E-state index contributed by atoms with van der Waals surface area (Å²) in [7, 11) is 0. The molecule has 1 aromatic carbocycles. The lowest BCUT2D eigenvalue weighted by atomic mass is 9.93. The number of alkyl carbamates (subject to hydrolysis) is 1. The van der Waals surface area contributed by atoms with Crippen molar-refractivity contribution in [3.05, 3.63) is 34.9 Å². The second kappa shape index (κ2) is 11.0. The van der Waals surface area contributed by atoms with Crippen LogP contribution in [0.1, 0.15) is 97.4 Å². The van der Waals surface area contributed by atoms with E-state index in [0.717, 1.165) is 29.5 Å². The molecule has 2 atom stereocenters. The van der Waals surface area contributed by atoms with Crippen molar-refractivity contribution in [1.29, 1.82) is 0 Å². The van der Waals surface area contributed by atoms with E-state index in [1.807, 2.05) is 66.7 Å². The summed E-state index contributed by atoms with van der Waals surface area (Å²) < 4.78 is 5.45. The molecule has 0 heterocycles. The maximum absolute atomic E-state index is 14.1. The molecule has 0 aromatic heterocycles. The van der Waals surface area contributed by atoms with Crippen molar-refractivity contribution in [3.8, 4) is 0 Å². The van der Waals surface area contributed by atoms with Crippen molar-refractivity contribution in [2.24, 2.45) is 5.92 Å². The number of amides is 3. The number of nitrogens with one attached hydrogen (secondary N) is 2. The lowest BCUT2D eigenvalue weighted by Gasteiger charge is -2.37. The predicted octanol–water partition coefficient (Wildman–Crippen LogP) is 5.19. The first-order valence-corrected chi connectivity index (χ1v) is 12.7. The normalized spacial score (nSPS) is 15.9. The Morgan fingerprint density at radius 3 is 2.14 bits per heavy atom. The molecule has 2 unspecified atom stereocenters. The minimum Gasteiger partial charge on any atom is -0.444 e. The first-order chi connectivity index (χ1) is 16.0. The molecule has 2 N–H and O–H groups in total. The Morgan fingerprint density at radius 1 is 1.06 bits per heavy atom. The van der Waals surface area contributed by atoms with Gasteiger partial charge >= 0.3 is 6.09 Å². The second-order valence-corrected chi connectivity index (χ2v) is 12.2. The summed E-state index contributed by atoms with van der Waals surface area (Å²) in [6, 6.07) is 4.23. The predicted molar refractivity (Wildman–Crippen MR) is 139 cm³/mol. The van der Waals surface area contributed by atoms with Gasteiger partial charge in [0.2, 0.25) is 11.8 Å². The number of hydrogen-bond donors (Lipinski definition) is 2. The van der Waals surface area contributed by atoms with Crippen LogP contribution in [0.3, 0.4) is 0 Å². The van der Waals surface area contributed by atoms with Crippen LogP contribution in [0, 0.1) is 19.8 Å². The molecule has 35 heavy (non-hydrogen) atoms. The van der Waals surface area contributed by atoms with Crippen LogP contribution < -0.4 is 10.6 Å². The van der Waals surface area contributed by atoms with Crippen LogP contribution >= 0.6 is 0 Å². The zero-order valence-electron chi connectivity index (χ0n) is 23.2. The number of aryl methyl sites for hydroxylation is 1. The Morgan fingerprint density at radius 2 is 1.66 bits per heavy atom. The van der Waals surface area contributed by atoms with Crippen molar-refractivity contribution in [1.82, 2.24) is 15.5 Å². The van der Waals surface area contributed by atoms with E-state index < -0.39 is 29.3 Å². The molecule has 1 aliphatic carbocycles. The third kappa shape index (κ3) is 8.55. The first kappa shape index (κ1) is 28.7. The summed E-state index contributed by atoms with van der Waals surface area (Å²) in [6.45, 7) is 19.2. The van der Waals surface area contributed by atoms with Crippen LogP contribution in [0.15, 0.2) is 18.2 Å². The zero-order chi connectivity index (χ0) is 26.7. The number of rotatable bonds is 8. The average Bonchev–Trinajstić information content (AvgIpc) is 3.49. The number of carbonyl (C=O) groups is 3. The average molecular weight is 488 g/mol. The SMILES string of the molecule is Cc1cccc(C(C(=O)NC(C)(C)C)N(C(=O)C(CC(C)C)NC(=O)OC(C)(C)C)C2CC2)c1C. The molecular formula is C28H45N3O4. The number of benzene rings is 1. The zero-order valence-corrected chi connectivity index (χ0v) is 23.2. The van der Waals surface area contributed by atoms with Gasteiger partial charge in [0.25, 0.3) is 0 Å². The van der Waals surface area contributed by atoms with Gasteiger partial charge in [0.15, 0.2) is 0 Å². The van der Waals surface area contributed by atoms with Gasteiger partial charge in [0.05, 0.1) is 0 Å². The lowest BCUT2D eigenvalue weighted by molar-refractivity contribution is -0.144. The highest BCUT2D eigenvalue weighted by atomic mass is 16.6. The lowest BCUT2D eigenvalue weighted by Crippen LogP contribution is -2.55. The third-order valence-electron chi connectivity index (χ3n) is 5.86. The summed E-state index contributed by atoms with van der Waals surface area (Å²) in [5.41, 5.74) is 1.72. The number of carbonyl (C=O) groups excluding carboxylic acids is 3. The van der Waals surface area contributed by atoms with Crippen molar-refractivity contribution in [3.63, 3.8) is 0 Å². The Hall–Kier alpha value is -2.57. The van der Waals surface area contributed by atoms with Gasteiger partial charge in [-0.25, -0.2) is 4.79 Å². The fourth-order valence-corrected chi connectivity index (χ4v) is 4.12. The molecule has 1 aromatic rings. The first-order valence-electron chi connectivity index (χ1n) is 12.7. The molecule has 7 nitrogen and oxygen atoms in total. The van der Waals surface area contributed by atoms with Crippen LogP contribution in [0.25, 0.3) is 0 Å². The largest absolute Gasteiger partial charge is 0.444 e. The standard InChI is InChI=1S/C28H45N3O4/c1-17(2)16-22(29-26(34)35-28(8,9)10)25(33)31(20-14-15-20)23(24(32)30-27(5,6)7)21-13-11-12-18(3)19(21)4/h11-13,17,20,22-23H,14-16H2,1-10H3,(H,29,34)(H,30,32). The van der Waals surface area contributed by atoms with E-state index in [9.17, 15) is 14.4 Å². The molecule has 3 amide bonds. The van der Waals surface area contributed by atoms with E-state index in [2.05, 4.69) is 10.6 Å². The Kier molecular flexibility index (Phi) is 9.01. The van der Waals surface area contributed by atoms with E-state index in [4.69, 9.17) is 4.74 Å². The van der Waals surface area contributed by atoms with Gasteiger partial charge in [-0.15, -0.1) is 0 Å². The molecule has 1 fully saturated rings. The van der Waals surface area contributed by atoms with Crippen molar-refractivity contribution < 1.29 is 19.1 Å². The van der Waals surface area contributed by atoms with Crippen molar-refractivity contribution >= 4 is 17.9 Å². The van der Waals surface area contributed by atoms with Gasteiger partial charge in [-0.1, -0.05) is 32.0 Å². The Bertz CT molecular complexity index is 923. The Labute approximate surface area is 211 Å². The molecule has 0 radical (unpaired) electrons. The summed E-state index contributed by atoms with van der Waals surface area (Å²) in [4.78, 5) is 42.2. The highest BCUT2D eigenvalue weighted by Crippen LogP contribution is 2.37. The fraction of sp³-hybridized carbons (Fsp3) is 0.679. The summed E-state index contributed by atoms with van der Waals surface area (Å²) in [6.07, 6.45) is 1.48. The number of nitrogens with zero attached hydrogens (tertiary/aromatic N) is 1. The maximum atomic E-state index is 14.1. The summed E-state index contributed by atoms with van der Waals surface area (Å²) >= 11 is 0. The highest BCUT2D eigenvalue weighted by Gasteiger charge is 2.45. The van der Waals surface area contributed by atoms with E-state index in [1.165, 1.54) is 0 Å². The minimum atomic E-state index is -0.791. The van der Waals surface area contributed by atoms with Gasteiger partial charge in [0, 0.05) is 11.6 Å². The maximum Gasteiger partial charge on any atom is 0.408 e. The molecule has 0 saturated heterocycles. The minimum absolute atomic E-state index is 0.0479. The van der Waals surface area contributed by atoms with Crippen LogP contribution in [-0.2, 0) is 14.3 Å². The molecule has 0 aliphatic heterocycles. The van der Waals surface area contributed by atoms with Crippen molar-refractivity contribution in [2.75, 3.05) is 0 Å². The molecule has 196 valence electrons. The van der Waals surface area contributed by atoms with E-state index in [-0.39, 0.29) is 23.8 Å². The third-order valence-corrected chi connectivity index (χ3v) is 5.86. The van der Waals surface area contributed by atoms with Crippen LogP contribution in [-0.4, -0.2) is 46.0 Å². The van der Waals surface area contributed by atoms with Crippen LogP contribution in [0.4, 0.5) is 4.79 Å². The van der Waals surface area contributed by atoms with Gasteiger partial charge in [-0.2, -0.15) is 0 Å². The highest BCUT2D eigenvalue weighted by molar-refractivity contribution is 5.93. The van der Waals surface area contributed by atoms with Gasteiger partial charge < -0.3 is 20.3 Å². The fourth-order valence-electron chi connectivity index (χ4n) is 4.12. The second-order valence-electron chi connectivity index (χ2n) is 12.2. The molecule has 1 saturated carbocycles. The topological polar surface area (TPSA) is 87.7 Å². The molecular weight excluding hydrogens is 442 g/mol. The van der Waals surface area contributed by atoms with Crippen molar-refractivity contribution in [2.45, 2.75) is 118 Å². The summed E-state index contributed by atoms with van der Waals surface area (Å²) in [5.74, 6) is -0.309. The van der Waals surface area contributed by atoms with Gasteiger partial charge in [-0.3, -0.25) is 9.59 Å². The molecule has 2 rings (SSSR count). The van der Waals surface area contributed by atoms with Crippen LogP contribution in [0.5, 0.6) is 0 Å². The number of hydrogen-bond acceptors (Lipinski definition) is 4. The Balaban J connectivity index is 2.52. The van der Waals surface area contributed by atoms with E-state index >= 15 is 0 Å². The molecule has 7 heteroatoms. The van der Waals surface area contributed by atoms with Gasteiger partial charge in [-0.05, 0) is 97.3 Å². The smallest absolute Gasteiger partial charge is 0.408 e. The molecule has 0 bridgehead atoms. The number of ether oxygens (including phenoxy) is 1. The summed E-state index contributed by atoms with van der Waals surface area (Å²) in [5, 5.41) is 5.89. The quantitative estimate of drug-likeness (QED) is 0.528. The molecule has 0 spiro atoms.